The quantitative estimate of drug-likeness (QED) is 0.805. The van der Waals surface area contributed by atoms with Crippen molar-refractivity contribution >= 4 is 27.3 Å². The van der Waals surface area contributed by atoms with Gasteiger partial charge in [-0.25, -0.2) is 8.42 Å². The summed E-state index contributed by atoms with van der Waals surface area (Å²) in [5, 5.41) is 2.83. The molecule has 0 saturated carbocycles. The minimum absolute atomic E-state index is 0.0660. The molecule has 0 fully saturated rings. The Hall–Kier alpha value is -2.74. The first kappa shape index (κ1) is 21.0. The number of carbonyl (C=O) groups is 1. The van der Waals surface area contributed by atoms with Gasteiger partial charge in [0.25, 0.3) is 5.91 Å². The zero-order valence-corrected chi connectivity index (χ0v) is 17.8. The molecule has 7 nitrogen and oxygen atoms in total. The summed E-state index contributed by atoms with van der Waals surface area (Å²) in [7, 11) is -3.49. The summed E-state index contributed by atoms with van der Waals surface area (Å²) >= 11 is 0. The van der Waals surface area contributed by atoms with Crippen molar-refractivity contribution in [3.05, 3.63) is 48.0 Å². The highest BCUT2D eigenvalue weighted by Gasteiger charge is 2.31. The van der Waals surface area contributed by atoms with Gasteiger partial charge in [0.15, 0.2) is 6.10 Å². The second-order valence-electron chi connectivity index (χ2n) is 7.38. The van der Waals surface area contributed by atoms with Crippen LogP contribution in [-0.2, 0) is 14.8 Å². The molecular weight excluding hydrogens is 392 g/mol. The van der Waals surface area contributed by atoms with E-state index >= 15 is 0 Å². The highest BCUT2D eigenvalue weighted by atomic mass is 32.2. The lowest BCUT2D eigenvalue weighted by Crippen LogP contribution is -2.35. The van der Waals surface area contributed by atoms with Crippen molar-refractivity contribution < 1.29 is 22.7 Å². The first-order valence-corrected chi connectivity index (χ1v) is 11.3. The van der Waals surface area contributed by atoms with Crippen LogP contribution in [0.4, 0.5) is 11.4 Å². The predicted molar refractivity (Wildman–Crippen MR) is 113 cm³/mol. The Bertz CT molecular complexity index is 987. The topological polar surface area (TPSA) is 84.9 Å². The molecule has 1 N–H and O–H groups in total. The first-order valence-electron chi connectivity index (χ1n) is 9.46. The minimum atomic E-state index is -3.49. The molecule has 3 rings (SSSR count). The number of hydrogen-bond acceptors (Lipinski definition) is 5. The number of hydrogen-bond donors (Lipinski definition) is 1. The van der Waals surface area contributed by atoms with Crippen LogP contribution in [0.5, 0.6) is 11.5 Å². The fourth-order valence-corrected chi connectivity index (χ4v) is 4.07. The summed E-state index contributed by atoms with van der Waals surface area (Å²) in [5.41, 5.74) is 1.98. The fraction of sp³-hybridized carbons (Fsp3) is 0.381. The monoisotopic (exact) mass is 418 g/mol. The van der Waals surface area contributed by atoms with E-state index in [4.69, 9.17) is 9.47 Å². The van der Waals surface area contributed by atoms with Crippen molar-refractivity contribution in [2.45, 2.75) is 39.4 Å². The molecule has 0 unspecified atom stereocenters. The molecule has 1 heterocycles. The van der Waals surface area contributed by atoms with Crippen molar-refractivity contribution in [2.24, 2.45) is 0 Å². The highest BCUT2D eigenvalue weighted by molar-refractivity contribution is 7.92. The van der Waals surface area contributed by atoms with Gasteiger partial charge in [-0.2, -0.15) is 0 Å². The van der Waals surface area contributed by atoms with Gasteiger partial charge in [-0.3, -0.25) is 9.10 Å². The van der Waals surface area contributed by atoms with Crippen LogP contribution in [0.3, 0.4) is 0 Å². The zero-order chi connectivity index (χ0) is 21.2. The Kier molecular flexibility index (Phi) is 6.02. The molecule has 156 valence electrons. The van der Waals surface area contributed by atoms with E-state index in [2.05, 4.69) is 5.32 Å². The molecule has 8 heteroatoms. The largest absolute Gasteiger partial charge is 0.491 e. The molecule has 29 heavy (non-hydrogen) atoms. The lowest BCUT2D eigenvalue weighted by Gasteiger charge is -2.21. The van der Waals surface area contributed by atoms with Crippen LogP contribution < -0.4 is 19.1 Å². The van der Waals surface area contributed by atoms with E-state index in [9.17, 15) is 13.2 Å². The van der Waals surface area contributed by atoms with Crippen molar-refractivity contribution in [3.8, 4) is 11.5 Å². The smallest absolute Gasteiger partial charge is 0.265 e. The number of ether oxygens (including phenoxy) is 2. The van der Waals surface area contributed by atoms with E-state index in [1.54, 1.807) is 36.4 Å². The lowest BCUT2D eigenvalue weighted by molar-refractivity contribution is -0.122. The van der Waals surface area contributed by atoms with Gasteiger partial charge in [0.1, 0.15) is 11.5 Å². The Labute approximate surface area is 171 Å². The normalized spacial score (nSPS) is 16.6. The van der Waals surface area contributed by atoms with Gasteiger partial charge in [-0.1, -0.05) is 6.07 Å². The molecule has 0 spiro atoms. The van der Waals surface area contributed by atoms with Gasteiger partial charge in [0.05, 0.1) is 18.0 Å². The maximum absolute atomic E-state index is 12.8. The molecule has 1 atom stereocenters. The van der Waals surface area contributed by atoms with E-state index in [0.717, 1.165) is 17.6 Å². The number of rotatable bonds is 5. The molecular formula is C21H26N2O5S. The molecule has 2 aromatic rings. The summed E-state index contributed by atoms with van der Waals surface area (Å²) < 4.78 is 37.3. The number of aryl methyl sites for hydroxylation is 1. The van der Waals surface area contributed by atoms with Gasteiger partial charge in [-0.05, 0) is 62.7 Å². The van der Waals surface area contributed by atoms with Crippen molar-refractivity contribution in [1.29, 1.82) is 0 Å². The van der Waals surface area contributed by atoms with Gasteiger partial charge in [-0.15, -0.1) is 0 Å². The molecule has 2 aromatic carbocycles. The molecule has 1 amide bonds. The molecule has 0 saturated heterocycles. The summed E-state index contributed by atoms with van der Waals surface area (Å²) in [6.07, 6.45) is 0.646. The highest BCUT2D eigenvalue weighted by Crippen LogP contribution is 2.35. The van der Waals surface area contributed by atoms with Crippen LogP contribution in [0.25, 0.3) is 0 Å². The van der Waals surface area contributed by atoms with Crippen LogP contribution >= 0.6 is 0 Å². The van der Waals surface area contributed by atoms with Gasteiger partial charge < -0.3 is 14.8 Å². The van der Waals surface area contributed by atoms with E-state index in [-0.39, 0.29) is 25.0 Å². The molecule has 0 bridgehead atoms. The average molecular weight is 419 g/mol. The van der Waals surface area contributed by atoms with Crippen LogP contribution in [0.1, 0.15) is 25.8 Å². The SMILES string of the molecule is Cc1ccc2c(c1)N(S(C)(=O)=O)CC[C@H](C(=O)Nc1ccc(OC(C)C)cc1)O2. The molecule has 0 aliphatic carbocycles. The number of amides is 1. The van der Waals surface area contributed by atoms with E-state index in [0.29, 0.717) is 17.1 Å². The van der Waals surface area contributed by atoms with Crippen LogP contribution in [0.15, 0.2) is 42.5 Å². The number of anilines is 2. The first-order chi connectivity index (χ1) is 13.6. The summed E-state index contributed by atoms with van der Waals surface area (Å²) in [4.78, 5) is 12.8. The Morgan fingerprint density at radius 3 is 2.52 bits per heavy atom. The maximum atomic E-state index is 12.8. The van der Waals surface area contributed by atoms with E-state index in [1.807, 2.05) is 26.8 Å². The third kappa shape index (κ3) is 5.20. The average Bonchev–Trinajstić information content (AvgIpc) is 2.82. The van der Waals surface area contributed by atoms with Gasteiger partial charge in [0.2, 0.25) is 10.0 Å². The maximum Gasteiger partial charge on any atom is 0.265 e. The number of nitrogens with zero attached hydrogens (tertiary/aromatic N) is 1. The van der Waals surface area contributed by atoms with Gasteiger partial charge >= 0.3 is 0 Å². The number of sulfonamides is 1. The number of carbonyl (C=O) groups excluding carboxylic acids is 1. The Morgan fingerprint density at radius 1 is 1.21 bits per heavy atom. The summed E-state index contributed by atoms with van der Waals surface area (Å²) in [6.45, 7) is 5.92. The lowest BCUT2D eigenvalue weighted by atomic mass is 10.2. The van der Waals surface area contributed by atoms with Crippen molar-refractivity contribution in [1.82, 2.24) is 0 Å². The van der Waals surface area contributed by atoms with Crippen molar-refractivity contribution in [2.75, 3.05) is 22.4 Å². The van der Waals surface area contributed by atoms with Crippen molar-refractivity contribution in [3.63, 3.8) is 0 Å². The number of benzene rings is 2. The predicted octanol–water partition coefficient (Wildman–Crippen LogP) is 3.34. The summed E-state index contributed by atoms with van der Waals surface area (Å²) in [6, 6.07) is 12.4. The van der Waals surface area contributed by atoms with Crippen LogP contribution in [-0.4, -0.2) is 39.3 Å². The van der Waals surface area contributed by atoms with Crippen LogP contribution in [0.2, 0.25) is 0 Å². The van der Waals surface area contributed by atoms with Crippen LogP contribution in [0, 0.1) is 6.92 Å². The number of nitrogens with one attached hydrogen (secondary N) is 1. The van der Waals surface area contributed by atoms with E-state index < -0.39 is 16.1 Å². The Morgan fingerprint density at radius 2 is 1.90 bits per heavy atom. The second-order valence-corrected chi connectivity index (χ2v) is 9.29. The third-order valence-corrected chi connectivity index (χ3v) is 5.61. The Balaban J connectivity index is 1.78. The van der Waals surface area contributed by atoms with E-state index in [1.165, 1.54) is 4.31 Å². The molecule has 0 radical (unpaired) electrons. The molecule has 1 aliphatic heterocycles. The summed E-state index contributed by atoms with van der Waals surface area (Å²) in [5.74, 6) is 0.764. The molecule has 0 aromatic heterocycles. The fourth-order valence-electron chi connectivity index (χ4n) is 3.13. The standard InChI is InChI=1S/C21H26N2O5S/c1-14(2)27-17-8-6-16(7-9-17)22-21(24)20-11-12-23(29(4,25)26)18-13-15(3)5-10-19(18)28-20/h5-10,13-14,20H,11-12H2,1-4H3,(H,22,24)/t20-/m1/s1. The zero-order valence-electron chi connectivity index (χ0n) is 17.0. The third-order valence-electron chi connectivity index (χ3n) is 4.43. The molecule has 1 aliphatic rings. The second kappa shape index (κ2) is 8.32. The van der Waals surface area contributed by atoms with Gasteiger partial charge in [0, 0.05) is 18.7 Å². The minimum Gasteiger partial charge on any atom is -0.491 e. The number of fused-ring (bicyclic) bond motifs is 1.